The van der Waals surface area contributed by atoms with Gasteiger partial charge in [-0.3, -0.25) is 14.6 Å². The molecule has 8 heteroatoms. The molecule has 3 fully saturated rings. The van der Waals surface area contributed by atoms with Crippen LogP contribution in [0.25, 0.3) is 0 Å². The Hall–Kier alpha value is -1.77. The second kappa shape index (κ2) is 8.31. The van der Waals surface area contributed by atoms with E-state index in [9.17, 15) is 9.90 Å². The maximum absolute atomic E-state index is 11.8. The number of amides is 1. The Morgan fingerprint density at radius 3 is 2.54 bits per heavy atom. The number of hydrogen-bond donors (Lipinski definition) is 1. The predicted molar refractivity (Wildman–Crippen MR) is 107 cm³/mol. The van der Waals surface area contributed by atoms with Crippen molar-refractivity contribution in [1.82, 2.24) is 24.7 Å². The van der Waals surface area contributed by atoms with Crippen molar-refractivity contribution in [3.8, 4) is 0 Å². The summed E-state index contributed by atoms with van der Waals surface area (Å²) in [7, 11) is 0. The SMILES string of the molecule is CC(=O)N1CCCCC(O)(CN2CC(N3CCN(c4ncccn4)CC3)C2)C1. The molecule has 0 aromatic carbocycles. The van der Waals surface area contributed by atoms with Crippen LogP contribution in [0, 0.1) is 0 Å². The number of carbonyl (C=O) groups excluding carboxylic acids is 1. The summed E-state index contributed by atoms with van der Waals surface area (Å²) in [5.41, 5.74) is -0.767. The predicted octanol–water partition coefficient (Wildman–Crippen LogP) is 0.0463. The van der Waals surface area contributed by atoms with Gasteiger partial charge < -0.3 is 14.9 Å². The molecule has 8 nitrogen and oxygen atoms in total. The van der Waals surface area contributed by atoms with Gasteiger partial charge in [-0.15, -0.1) is 0 Å². The minimum absolute atomic E-state index is 0.0714. The Balaban J connectivity index is 1.23. The van der Waals surface area contributed by atoms with Gasteiger partial charge in [0.2, 0.25) is 11.9 Å². The Labute approximate surface area is 167 Å². The van der Waals surface area contributed by atoms with Crippen LogP contribution >= 0.6 is 0 Å². The van der Waals surface area contributed by atoms with Crippen LogP contribution < -0.4 is 4.90 Å². The van der Waals surface area contributed by atoms with Crippen molar-refractivity contribution >= 4 is 11.9 Å². The Bertz CT molecular complexity index is 660. The van der Waals surface area contributed by atoms with E-state index in [0.29, 0.717) is 19.1 Å². The van der Waals surface area contributed by atoms with Crippen LogP contribution in [0.1, 0.15) is 26.2 Å². The van der Waals surface area contributed by atoms with Gasteiger partial charge in [-0.2, -0.15) is 0 Å². The van der Waals surface area contributed by atoms with Gasteiger partial charge in [0.1, 0.15) is 0 Å². The minimum atomic E-state index is -0.767. The van der Waals surface area contributed by atoms with Crippen LogP contribution in [0.15, 0.2) is 18.5 Å². The van der Waals surface area contributed by atoms with E-state index < -0.39 is 5.60 Å². The molecule has 0 spiro atoms. The van der Waals surface area contributed by atoms with Crippen molar-refractivity contribution in [1.29, 1.82) is 0 Å². The van der Waals surface area contributed by atoms with Gasteiger partial charge in [0.15, 0.2) is 0 Å². The zero-order chi connectivity index (χ0) is 19.6. The lowest BCUT2D eigenvalue weighted by Crippen LogP contribution is -2.66. The highest BCUT2D eigenvalue weighted by Crippen LogP contribution is 2.26. The first-order valence-corrected chi connectivity index (χ1v) is 10.5. The Morgan fingerprint density at radius 2 is 1.86 bits per heavy atom. The van der Waals surface area contributed by atoms with Gasteiger partial charge >= 0.3 is 0 Å². The monoisotopic (exact) mass is 388 g/mol. The fourth-order valence-corrected chi connectivity index (χ4v) is 4.73. The molecule has 0 bridgehead atoms. The number of likely N-dealkylation sites (tertiary alicyclic amines) is 2. The molecule has 0 radical (unpaired) electrons. The lowest BCUT2D eigenvalue weighted by Gasteiger charge is -2.50. The van der Waals surface area contributed by atoms with Crippen molar-refractivity contribution in [3.05, 3.63) is 18.5 Å². The van der Waals surface area contributed by atoms with E-state index in [1.807, 2.05) is 11.0 Å². The van der Waals surface area contributed by atoms with E-state index >= 15 is 0 Å². The van der Waals surface area contributed by atoms with E-state index in [2.05, 4.69) is 24.7 Å². The highest BCUT2D eigenvalue weighted by molar-refractivity contribution is 5.73. The normalized spacial score (nSPS) is 28.1. The molecule has 1 aromatic heterocycles. The molecule has 3 aliphatic heterocycles. The van der Waals surface area contributed by atoms with E-state index in [1.54, 1.807) is 19.3 Å². The first-order chi connectivity index (χ1) is 13.5. The van der Waals surface area contributed by atoms with Gasteiger partial charge in [0.05, 0.1) is 12.1 Å². The van der Waals surface area contributed by atoms with Crippen molar-refractivity contribution in [2.24, 2.45) is 0 Å². The van der Waals surface area contributed by atoms with E-state index in [4.69, 9.17) is 0 Å². The Kier molecular flexibility index (Phi) is 5.80. The summed E-state index contributed by atoms with van der Waals surface area (Å²) in [5, 5.41) is 11.1. The molecule has 1 amide bonds. The molecule has 1 aromatic rings. The van der Waals surface area contributed by atoms with Crippen LogP contribution in [0.2, 0.25) is 0 Å². The third kappa shape index (κ3) is 4.45. The third-order valence-corrected chi connectivity index (χ3v) is 6.37. The van der Waals surface area contributed by atoms with Crippen molar-refractivity contribution in [2.75, 3.05) is 63.8 Å². The summed E-state index contributed by atoms with van der Waals surface area (Å²) >= 11 is 0. The minimum Gasteiger partial charge on any atom is -0.387 e. The van der Waals surface area contributed by atoms with Gasteiger partial charge in [-0.1, -0.05) is 0 Å². The van der Waals surface area contributed by atoms with E-state index in [-0.39, 0.29) is 5.91 Å². The summed E-state index contributed by atoms with van der Waals surface area (Å²) in [6, 6.07) is 2.41. The number of rotatable bonds is 4. The van der Waals surface area contributed by atoms with Gasteiger partial charge in [0, 0.05) is 77.7 Å². The number of carbonyl (C=O) groups is 1. The van der Waals surface area contributed by atoms with Crippen LogP contribution in [-0.4, -0.2) is 106 Å². The third-order valence-electron chi connectivity index (χ3n) is 6.37. The summed E-state index contributed by atoms with van der Waals surface area (Å²) in [4.78, 5) is 29.4. The van der Waals surface area contributed by atoms with Gasteiger partial charge in [0.25, 0.3) is 0 Å². The first-order valence-electron chi connectivity index (χ1n) is 10.5. The molecule has 1 unspecified atom stereocenters. The van der Waals surface area contributed by atoms with Crippen LogP contribution in [0.3, 0.4) is 0 Å². The largest absolute Gasteiger partial charge is 0.387 e. The van der Waals surface area contributed by atoms with E-state index in [0.717, 1.165) is 71.0 Å². The van der Waals surface area contributed by atoms with Crippen LogP contribution in [0.5, 0.6) is 0 Å². The van der Waals surface area contributed by atoms with Crippen LogP contribution in [0.4, 0.5) is 5.95 Å². The molecule has 1 N–H and O–H groups in total. The first kappa shape index (κ1) is 19.5. The molecule has 1 atom stereocenters. The summed E-state index contributed by atoms with van der Waals surface area (Å²) < 4.78 is 0. The zero-order valence-electron chi connectivity index (χ0n) is 16.8. The number of hydrogen-bond acceptors (Lipinski definition) is 7. The maximum atomic E-state index is 11.8. The Morgan fingerprint density at radius 1 is 1.14 bits per heavy atom. The molecular formula is C20H32N6O2. The smallest absolute Gasteiger partial charge is 0.225 e. The number of nitrogens with zero attached hydrogens (tertiary/aromatic N) is 6. The van der Waals surface area contributed by atoms with Crippen molar-refractivity contribution in [2.45, 2.75) is 37.8 Å². The summed E-state index contributed by atoms with van der Waals surface area (Å²) in [5.74, 6) is 0.894. The molecule has 0 saturated carbocycles. The second-order valence-corrected chi connectivity index (χ2v) is 8.54. The number of aromatic nitrogens is 2. The summed E-state index contributed by atoms with van der Waals surface area (Å²) in [6.07, 6.45) is 6.35. The van der Waals surface area contributed by atoms with Gasteiger partial charge in [-0.05, 0) is 25.3 Å². The topological polar surface area (TPSA) is 76.0 Å². The zero-order valence-corrected chi connectivity index (χ0v) is 16.8. The molecule has 154 valence electrons. The lowest BCUT2D eigenvalue weighted by molar-refractivity contribution is -0.133. The van der Waals surface area contributed by atoms with Gasteiger partial charge in [-0.25, -0.2) is 9.97 Å². The summed E-state index contributed by atoms with van der Waals surface area (Å²) in [6.45, 7) is 9.49. The molecular weight excluding hydrogens is 356 g/mol. The highest BCUT2D eigenvalue weighted by Gasteiger charge is 2.40. The molecule has 28 heavy (non-hydrogen) atoms. The number of anilines is 1. The molecule has 3 saturated heterocycles. The molecule has 4 heterocycles. The highest BCUT2D eigenvalue weighted by atomic mass is 16.3. The maximum Gasteiger partial charge on any atom is 0.225 e. The standard InChI is InChI=1S/C20H32N6O2/c1-17(27)26-8-3-2-5-20(28,16-26)15-23-13-18(14-23)24-9-11-25(12-10-24)19-21-6-4-7-22-19/h4,6-7,18,28H,2-3,5,8-16H2,1H3. The molecule has 3 aliphatic rings. The number of piperazine rings is 1. The molecule has 0 aliphatic carbocycles. The number of aliphatic hydroxyl groups is 1. The lowest BCUT2D eigenvalue weighted by atomic mass is 9.94. The van der Waals surface area contributed by atoms with Crippen molar-refractivity contribution < 1.29 is 9.90 Å². The quantitative estimate of drug-likeness (QED) is 0.781. The molecule has 4 rings (SSSR count). The van der Waals surface area contributed by atoms with Crippen molar-refractivity contribution in [3.63, 3.8) is 0 Å². The van der Waals surface area contributed by atoms with Crippen LogP contribution in [-0.2, 0) is 4.79 Å². The van der Waals surface area contributed by atoms with E-state index in [1.165, 1.54) is 0 Å². The average Bonchev–Trinajstić information content (AvgIpc) is 2.87. The second-order valence-electron chi connectivity index (χ2n) is 8.54. The fraction of sp³-hybridized carbons (Fsp3) is 0.750. The average molecular weight is 389 g/mol. The number of β-amino-alcohol motifs (C(OH)–C–C–N with tert-alkyl or cyclic N) is 1. The fourth-order valence-electron chi connectivity index (χ4n) is 4.73.